The van der Waals surface area contributed by atoms with Crippen molar-refractivity contribution in [3.8, 4) is 0 Å². The van der Waals surface area contributed by atoms with Gasteiger partial charge >= 0.3 is 0 Å². The van der Waals surface area contributed by atoms with Gasteiger partial charge in [-0.15, -0.1) is 0 Å². The highest BCUT2D eigenvalue weighted by Gasteiger charge is 2.29. The second-order valence-electron chi connectivity index (χ2n) is 4.40. The summed E-state index contributed by atoms with van der Waals surface area (Å²) < 4.78 is 24.6. The van der Waals surface area contributed by atoms with Crippen LogP contribution in [-0.2, 0) is 15.6 Å². The summed E-state index contributed by atoms with van der Waals surface area (Å²) in [5.74, 6) is -0.0583. The van der Waals surface area contributed by atoms with E-state index < -0.39 is 15.9 Å². The molecule has 4 heteroatoms. The molecule has 2 aromatic rings. The molecule has 0 bridgehead atoms. The Bertz CT molecular complexity index is 704. The zero-order valence-electron chi connectivity index (χ0n) is 9.58. The number of hydrogen-bond donors (Lipinski definition) is 1. The summed E-state index contributed by atoms with van der Waals surface area (Å²) >= 11 is 0. The summed E-state index contributed by atoms with van der Waals surface area (Å²) in [5, 5.41) is 10.4. The standard InChI is InChI=1S/C14H12O3S/c15-14-11-6-2-1-5-10(11)9-18(16,17)13-8-4-3-7-12(13)14/h1-8,14-15H,9H2. The van der Waals surface area contributed by atoms with Crippen LogP contribution in [0.3, 0.4) is 0 Å². The average Bonchev–Trinajstić information content (AvgIpc) is 2.45. The van der Waals surface area contributed by atoms with Gasteiger partial charge in [0.1, 0.15) is 6.10 Å². The van der Waals surface area contributed by atoms with E-state index in [4.69, 9.17) is 0 Å². The number of benzene rings is 2. The highest BCUT2D eigenvalue weighted by atomic mass is 32.2. The van der Waals surface area contributed by atoms with Crippen LogP contribution < -0.4 is 0 Å². The zero-order valence-corrected chi connectivity index (χ0v) is 10.4. The Morgan fingerprint density at radius 2 is 1.56 bits per heavy atom. The lowest BCUT2D eigenvalue weighted by atomic mass is 9.98. The van der Waals surface area contributed by atoms with Gasteiger partial charge in [-0.2, -0.15) is 0 Å². The van der Waals surface area contributed by atoms with Crippen molar-refractivity contribution in [1.29, 1.82) is 0 Å². The Morgan fingerprint density at radius 1 is 0.944 bits per heavy atom. The highest BCUT2D eigenvalue weighted by Crippen LogP contribution is 2.35. The molecule has 0 aromatic heterocycles. The Hall–Kier alpha value is -1.65. The molecule has 18 heavy (non-hydrogen) atoms. The van der Waals surface area contributed by atoms with Gasteiger partial charge in [-0.25, -0.2) is 8.42 Å². The van der Waals surface area contributed by atoms with E-state index in [0.717, 1.165) is 0 Å². The minimum atomic E-state index is -3.38. The monoisotopic (exact) mass is 260 g/mol. The molecule has 3 rings (SSSR count). The molecule has 1 atom stereocenters. The maximum atomic E-state index is 12.3. The van der Waals surface area contributed by atoms with Crippen molar-refractivity contribution in [3.05, 3.63) is 65.2 Å². The van der Waals surface area contributed by atoms with Crippen LogP contribution >= 0.6 is 0 Å². The molecule has 1 heterocycles. The van der Waals surface area contributed by atoms with Crippen molar-refractivity contribution in [2.45, 2.75) is 16.8 Å². The van der Waals surface area contributed by atoms with E-state index in [-0.39, 0.29) is 10.6 Å². The number of sulfone groups is 1. The lowest BCUT2D eigenvalue weighted by Gasteiger charge is -2.12. The van der Waals surface area contributed by atoms with Gasteiger partial charge < -0.3 is 5.11 Å². The van der Waals surface area contributed by atoms with E-state index in [1.54, 1.807) is 42.5 Å². The van der Waals surface area contributed by atoms with E-state index in [0.29, 0.717) is 16.7 Å². The van der Waals surface area contributed by atoms with Gasteiger partial charge in [0.15, 0.2) is 9.84 Å². The van der Waals surface area contributed by atoms with Gasteiger partial charge in [0.05, 0.1) is 10.6 Å². The third-order valence-corrected chi connectivity index (χ3v) is 4.98. The lowest BCUT2D eigenvalue weighted by molar-refractivity contribution is 0.217. The average molecular weight is 260 g/mol. The van der Waals surface area contributed by atoms with Gasteiger partial charge in [-0.05, 0) is 17.2 Å². The van der Waals surface area contributed by atoms with Crippen LogP contribution in [0.15, 0.2) is 53.4 Å². The largest absolute Gasteiger partial charge is 0.384 e. The second-order valence-corrected chi connectivity index (χ2v) is 6.36. The molecule has 0 fully saturated rings. The first kappa shape index (κ1) is 11.4. The summed E-state index contributed by atoms with van der Waals surface area (Å²) in [6, 6.07) is 13.8. The van der Waals surface area contributed by atoms with Gasteiger partial charge in [0.25, 0.3) is 0 Å². The van der Waals surface area contributed by atoms with Gasteiger partial charge in [0, 0.05) is 5.56 Å². The maximum absolute atomic E-state index is 12.3. The molecule has 3 nitrogen and oxygen atoms in total. The van der Waals surface area contributed by atoms with E-state index in [1.807, 2.05) is 6.07 Å². The summed E-state index contributed by atoms with van der Waals surface area (Å²) in [4.78, 5) is 0.230. The topological polar surface area (TPSA) is 54.4 Å². The third-order valence-electron chi connectivity index (χ3n) is 3.24. The Morgan fingerprint density at radius 3 is 2.33 bits per heavy atom. The fourth-order valence-electron chi connectivity index (χ4n) is 2.37. The summed E-state index contributed by atoms with van der Waals surface area (Å²) in [6.45, 7) is 0. The molecular formula is C14H12O3S. The quantitative estimate of drug-likeness (QED) is 0.788. The van der Waals surface area contributed by atoms with E-state index in [1.165, 1.54) is 0 Å². The normalized spacial score (nSPS) is 20.6. The summed E-state index contributed by atoms with van der Waals surface area (Å²) in [5.41, 5.74) is 1.80. The van der Waals surface area contributed by atoms with E-state index in [9.17, 15) is 13.5 Å². The molecule has 1 N–H and O–H groups in total. The Kier molecular flexibility index (Phi) is 2.50. The van der Waals surface area contributed by atoms with E-state index in [2.05, 4.69) is 0 Å². The molecule has 2 aromatic carbocycles. The molecule has 0 aliphatic carbocycles. The van der Waals surface area contributed by atoms with Crippen molar-refractivity contribution >= 4 is 9.84 Å². The fourth-order valence-corrected chi connectivity index (χ4v) is 4.02. The van der Waals surface area contributed by atoms with Crippen LogP contribution in [0.4, 0.5) is 0 Å². The predicted molar refractivity (Wildman–Crippen MR) is 67.8 cm³/mol. The second kappa shape index (κ2) is 3.93. The van der Waals surface area contributed by atoms with Crippen molar-refractivity contribution < 1.29 is 13.5 Å². The van der Waals surface area contributed by atoms with Crippen LogP contribution in [0, 0.1) is 0 Å². The minimum Gasteiger partial charge on any atom is -0.384 e. The van der Waals surface area contributed by atoms with Gasteiger partial charge in [0.2, 0.25) is 0 Å². The molecule has 0 saturated heterocycles. The predicted octanol–water partition coefficient (Wildman–Crippen LogP) is 2.06. The summed E-state index contributed by atoms with van der Waals surface area (Å²) in [6.07, 6.45) is -0.880. The van der Waals surface area contributed by atoms with Crippen LogP contribution in [-0.4, -0.2) is 13.5 Å². The molecule has 1 unspecified atom stereocenters. The Balaban J connectivity index is 2.35. The van der Waals surface area contributed by atoms with Crippen molar-refractivity contribution in [1.82, 2.24) is 0 Å². The molecular weight excluding hydrogens is 248 g/mol. The zero-order chi connectivity index (χ0) is 12.8. The number of aliphatic hydroxyl groups excluding tert-OH is 1. The number of aliphatic hydroxyl groups is 1. The number of rotatable bonds is 0. The smallest absolute Gasteiger partial charge is 0.182 e. The SMILES string of the molecule is O=S1(=O)Cc2ccccc2C(O)c2ccccc21. The molecule has 0 spiro atoms. The molecule has 1 aliphatic rings. The molecule has 0 amide bonds. The Labute approximate surface area is 106 Å². The van der Waals surface area contributed by atoms with Gasteiger partial charge in [-0.3, -0.25) is 0 Å². The van der Waals surface area contributed by atoms with E-state index >= 15 is 0 Å². The van der Waals surface area contributed by atoms with Crippen LogP contribution in [0.1, 0.15) is 22.8 Å². The lowest BCUT2D eigenvalue weighted by Crippen LogP contribution is -2.05. The molecule has 0 radical (unpaired) electrons. The number of fused-ring (bicyclic) bond motifs is 2. The van der Waals surface area contributed by atoms with Crippen molar-refractivity contribution in [2.75, 3.05) is 0 Å². The highest BCUT2D eigenvalue weighted by molar-refractivity contribution is 7.90. The minimum absolute atomic E-state index is 0.0583. The van der Waals surface area contributed by atoms with Crippen molar-refractivity contribution in [3.63, 3.8) is 0 Å². The first-order valence-electron chi connectivity index (χ1n) is 5.67. The first-order chi connectivity index (χ1) is 8.59. The van der Waals surface area contributed by atoms with Crippen LogP contribution in [0.2, 0.25) is 0 Å². The third kappa shape index (κ3) is 1.65. The fraction of sp³-hybridized carbons (Fsp3) is 0.143. The molecule has 0 saturated carbocycles. The van der Waals surface area contributed by atoms with Crippen LogP contribution in [0.5, 0.6) is 0 Å². The van der Waals surface area contributed by atoms with Gasteiger partial charge in [-0.1, -0.05) is 42.5 Å². The van der Waals surface area contributed by atoms with Crippen LogP contribution in [0.25, 0.3) is 0 Å². The van der Waals surface area contributed by atoms with Crippen molar-refractivity contribution in [2.24, 2.45) is 0 Å². The summed E-state index contributed by atoms with van der Waals surface area (Å²) in [7, 11) is -3.38. The number of hydrogen-bond acceptors (Lipinski definition) is 3. The molecule has 92 valence electrons. The maximum Gasteiger partial charge on any atom is 0.182 e. The first-order valence-corrected chi connectivity index (χ1v) is 7.32. The molecule has 1 aliphatic heterocycles.